The van der Waals surface area contributed by atoms with Gasteiger partial charge in [-0.2, -0.15) is 0 Å². The molecule has 1 fully saturated rings. The molecule has 1 heterocycles. The third-order valence-corrected chi connectivity index (χ3v) is 5.59. The zero-order valence-corrected chi connectivity index (χ0v) is 17.5. The van der Waals surface area contributed by atoms with Crippen LogP contribution in [0.25, 0.3) is 0 Å². The molecule has 1 aromatic carbocycles. The minimum absolute atomic E-state index is 0. The zero-order chi connectivity index (χ0) is 17.4. The van der Waals surface area contributed by atoms with E-state index in [1.807, 2.05) is 6.07 Å². The molecule has 6 nitrogen and oxygen atoms in total. The standard InChI is InChI=1S/C16H25FN4O2S.HI/c1-18-16(19-6-5-14-3-2-4-15(17)13-14)20-7-8-21-9-11-24(22,23)12-10-21;/h2-4,13H,5-12H2,1H3,(H2,18,19,20);1H. The zero-order valence-electron chi connectivity index (χ0n) is 14.4. The number of hydrogen-bond acceptors (Lipinski definition) is 4. The molecule has 0 radical (unpaired) electrons. The fourth-order valence-corrected chi connectivity index (χ4v) is 3.82. The fourth-order valence-electron chi connectivity index (χ4n) is 2.54. The highest BCUT2D eigenvalue weighted by atomic mass is 127. The number of guanidine groups is 1. The minimum Gasteiger partial charge on any atom is -0.356 e. The molecular weight excluding hydrogens is 458 g/mol. The van der Waals surface area contributed by atoms with Gasteiger partial charge < -0.3 is 10.6 Å². The number of aliphatic imine (C=N–C) groups is 1. The van der Waals surface area contributed by atoms with E-state index >= 15 is 0 Å². The monoisotopic (exact) mass is 484 g/mol. The second-order valence-corrected chi connectivity index (χ2v) is 8.10. The second-order valence-electron chi connectivity index (χ2n) is 5.80. The number of nitrogens with one attached hydrogen (secondary N) is 2. The van der Waals surface area contributed by atoms with Gasteiger partial charge >= 0.3 is 0 Å². The summed E-state index contributed by atoms with van der Waals surface area (Å²) in [5, 5.41) is 6.40. The molecule has 1 aromatic rings. The van der Waals surface area contributed by atoms with Gasteiger partial charge in [-0.1, -0.05) is 12.1 Å². The molecule has 2 rings (SSSR count). The van der Waals surface area contributed by atoms with Crippen LogP contribution in [0, 0.1) is 5.82 Å². The lowest BCUT2D eigenvalue weighted by Crippen LogP contribution is -2.46. The summed E-state index contributed by atoms with van der Waals surface area (Å²) >= 11 is 0. The number of rotatable bonds is 6. The molecule has 0 amide bonds. The first-order valence-corrected chi connectivity index (χ1v) is 9.92. The van der Waals surface area contributed by atoms with Crippen LogP contribution >= 0.6 is 24.0 Å². The fraction of sp³-hybridized carbons (Fsp3) is 0.562. The third-order valence-electron chi connectivity index (χ3n) is 3.98. The van der Waals surface area contributed by atoms with Crippen LogP contribution in [0.15, 0.2) is 29.3 Å². The van der Waals surface area contributed by atoms with E-state index < -0.39 is 9.84 Å². The average Bonchev–Trinajstić information content (AvgIpc) is 2.55. The van der Waals surface area contributed by atoms with Crippen LogP contribution < -0.4 is 10.6 Å². The maximum absolute atomic E-state index is 13.1. The smallest absolute Gasteiger partial charge is 0.191 e. The van der Waals surface area contributed by atoms with E-state index in [0.29, 0.717) is 38.6 Å². The quantitative estimate of drug-likeness (QED) is 0.357. The van der Waals surface area contributed by atoms with E-state index in [-0.39, 0.29) is 41.3 Å². The van der Waals surface area contributed by atoms with Gasteiger partial charge in [0.2, 0.25) is 0 Å². The van der Waals surface area contributed by atoms with Crippen molar-refractivity contribution in [3.8, 4) is 0 Å². The summed E-state index contributed by atoms with van der Waals surface area (Å²) in [6.45, 7) is 3.32. The first kappa shape index (κ1) is 22.1. The molecule has 25 heavy (non-hydrogen) atoms. The summed E-state index contributed by atoms with van der Waals surface area (Å²) in [4.78, 5) is 6.28. The number of benzene rings is 1. The molecule has 9 heteroatoms. The van der Waals surface area contributed by atoms with Crippen molar-refractivity contribution >= 4 is 39.8 Å². The molecule has 0 aliphatic carbocycles. The Morgan fingerprint density at radius 2 is 1.92 bits per heavy atom. The molecule has 0 spiro atoms. The van der Waals surface area contributed by atoms with Crippen LogP contribution in [-0.2, 0) is 16.3 Å². The van der Waals surface area contributed by atoms with Crippen LogP contribution in [0.2, 0.25) is 0 Å². The minimum atomic E-state index is -2.83. The van der Waals surface area contributed by atoms with Gasteiger partial charge in [-0.25, -0.2) is 12.8 Å². The van der Waals surface area contributed by atoms with Gasteiger partial charge in [0.25, 0.3) is 0 Å². The Balaban J connectivity index is 0.00000312. The van der Waals surface area contributed by atoms with Crippen LogP contribution in [0.3, 0.4) is 0 Å². The Bertz CT molecular complexity index is 656. The van der Waals surface area contributed by atoms with Gasteiger partial charge in [0.1, 0.15) is 5.82 Å². The molecule has 0 bridgehead atoms. The van der Waals surface area contributed by atoms with Gasteiger partial charge in [-0.3, -0.25) is 9.89 Å². The first-order valence-electron chi connectivity index (χ1n) is 8.10. The van der Waals surface area contributed by atoms with Crippen molar-refractivity contribution in [2.45, 2.75) is 6.42 Å². The summed E-state index contributed by atoms with van der Waals surface area (Å²) in [7, 11) is -1.13. The molecule has 142 valence electrons. The van der Waals surface area contributed by atoms with E-state index in [1.165, 1.54) is 12.1 Å². The maximum Gasteiger partial charge on any atom is 0.191 e. The normalized spacial score (nSPS) is 17.6. The van der Waals surface area contributed by atoms with Crippen molar-refractivity contribution in [2.24, 2.45) is 4.99 Å². The van der Waals surface area contributed by atoms with Crippen molar-refractivity contribution in [1.82, 2.24) is 15.5 Å². The number of hydrogen-bond donors (Lipinski definition) is 2. The Hall–Kier alpha value is -0.940. The third kappa shape index (κ3) is 8.32. The molecule has 0 atom stereocenters. The molecule has 0 saturated carbocycles. The molecule has 2 N–H and O–H groups in total. The Labute approximate surface area is 166 Å². The molecule has 0 aromatic heterocycles. The lowest BCUT2D eigenvalue weighted by molar-refractivity contribution is 0.299. The molecule has 0 unspecified atom stereocenters. The summed E-state index contributed by atoms with van der Waals surface area (Å²) in [6.07, 6.45) is 0.711. The van der Waals surface area contributed by atoms with Crippen molar-refractivity contribution in [3.63, 3.8) is 0 Å². The van der Waals surface area contributed by atoms with Gasteiger partial charge in [0.15, 0.2) is 15.8 Å². The Kier molecular flexibility index (Phi) is 9.65. The highest BCUT2D eigenvalue weighted by Crippen LogP contribution is 2.04. The van der Waals surface area contributed by atoms with E-state index in [1.54, 1.807) is 13.1 Å². The summed E-state index contributed by atoms with van der Waals surface area (Å²) in [5.74, 6) is 0.955. The van der Waals surface area contributed by atoms with Crippen molar-refractivity contribution in [3.05, 3.63) is 35.6 Å². The van der Waals surface area contributed by atoms with Crippen LogP contribution in [0.4, 0.5) is 4.39 Å². The number of sulfone groups is 1. The largest absolute Gasteiger partial charge is 0.356 e. The van der Waals surface area contributed by atoms with Crippen LogP contribution in [0.5, 0.6) is 0 Å². The predicted octanol–water partition coefficient (Wildman–Crippen LogP) is 0.882. The predicted molar refractivity (Wildman–Crippen MR) is 110 cm³/mol. The lowest BCUT2D eigenvalue weighted by atomic mass is 10.1. The van der Waals surface area contributed by atoms with Crippen molar-refractivity contribution in [2.75, 3.05) is 51.3 Å². The maximum atomic E-state index is 13.1. The molecule has 1 aliphatic rings. The van der Waals surface area contributed by atoms with Gasteiger partial charge in [0, 0.05) is 39.8 Å². The van der Waals surface area contributed by atoms with Crippen LogP contribution in [-0.4, -0.2) is 70.6 Å². The second kappa shape index (κ2) is 10.9. The number of halogens is 2. The lowest BCUT2D eigenvalue weighted by Gasteiger charge is -2.26. The molecular formula is C16H26FIN4O2S. The van der Waals surface area contributed by atoms with Gasteiger partial charge in [0.05, 0.1) is 11.5 Å². The topological polar surface area (TPSA) is 73.8 Å². The summed E-state index contributed by atoms with van der Waals surface area (Å²) < 4.78 is 35.9. The van der Waals surface area contributed by atoms with E-state index in [2.05, 4.69) is 20.5 Å². The van der Waals surface area contributed by atoms with Gasteiger partial charge in [-0.15, -0.1) is 24.0 Å². The SMILES string of the molecule is CN=C(NCCc1cccc(F)c1)NCCN1CCS(=O)(=O)CC1.I. The summed E-state index contributed by atoms with van der Waals surface area (Å²) in [5.41, 5.74) is 0.937. The molecule has 1 saturated heterocycles. The van der Waals surface area contributed by atoms with Gasteiger partial charge in [-0.05, 0) is 24.1 Å². The van der Waals surface area contributed by atoms with E-state index in [4.69, 9.17) is 0 Å². The van der Waals surface area contributed by atoms with Crippen molar-refractivity contribution < 1.29 is 12.8 Å². The number of nitrogens with zero attached hydrogens (tertiary/aromatic N) is 2. The van der Waals surface area contributed by atoms with E-state index in [0.717, 1.165) is 12.1 Å². The highest BCUT2D eigenvalue weighted by molar-refractivity contribution is 14.0. The highest BCUT2D eigenvalue weighted by Gasteiger charge is 2.20. The van der Waals surface area contributed by atoms with Crippen LogP contribution in [0.1, 0.15) is 5.56 Å². The van der Waals surface area contributed by atoms with Crippen molar-refractivity contribution in [1.29, 1.82) is 0 Å². The Morgan fingerprint density at radius 3 is 2.56 bits per heavy atom. The average molecular weight is 484 g/mol. The molecule has 1 aliphatic heterocycles. The van der Waals surface area contributed by atoms with E-state index in [9.17, 15) is 12.8 Å². The summed E-state index contributed by atoms with van der Waals surface area (Å²) in [6, 6.07) is 6.56. The Morgan fingerprint density at radius 1 is 1.24 bits per heavy atom. The first-order chi connectivity index (χ1) is 11.5.